The third-order valence-corrected chi connectivity index (χ3v) is 7.12. The van der Waals surface area contributed by atoms with Crippen LogP contribution in [-0.4, -0.2) is 43.3 Å². The lowest BCUT2D eigenvalue weighted by Gasteiger charge is -2.45. The first-order valence-electron chi connectivity index (χ1n) is 10.8. The highest BCUT2D eigenvalue weighted by molar-refractivity contribution is 6.31. The van der Waals surface area contributed by atoms with Gasteiger partial charge in [0.05, 0.1) is 31.0 Å². The monoisotopic (exact) mass is 465 g/mol. The number of carbonyl (C=O) groups is 2. The molecule has 8 heteroatoms. The minimum atomic E-state index is -0.439. The van der Waals surface area contributed by atoms with E-state index < -0.39 is 11.9 Å². The van der Waals surface area contributed by atoms with Crippen LogP contribution in [0.2, 0.25) is 5.02 Å². The van der Waals surface area contributed by atoms with Crippen molar-refractivity contribution in [3.05, 3.63) is 65.4 Å². The van der Waals surface area contributed by atoms with Gasteiger partial charge in [-0.15, -0.1) is 0 Å². The molecule has 33 heavy (non-hydrogen) atoms. The van der Waals surface area contributed by atoms with Gasteiger partial charge in [0.25, 0.3) is 0 Å². The Bertz CT molecular complexity index is 1230. The number of ether oxygens (including phenoxy) is 2. The number of hydrogen-bond acceptors (Lipinski definition) is 5. The van der Waals surface area contributed by atoms with Gasteiger partial charge >= 0.3 is 6.03 Å². The Morgan fingerprint density at radius 2 is 1.88 bits per heavy atom. The maximum atomic E-state index is 13.6. The van der Waals surface area contributed by atoms with E-state index in [9.17, 15) is 9.59 Å². The first-order valence-corrected chi connectivity index (χ1v) is 11.2. The Kier molecular flexibility index (Phi) is 5.68. The summed E-state index contributed by atoms with van der Waals surface area (Å²) in [5.74, 6) is -0.0334. The number of hydrogen-bond donors (Lipinski definition) is 1. The van der Waals surface area contributed by atoms with Crippen molar-refractivity contribution < 1.29 is 19.1 Å². The molecule has 1 saturated carbocycles. The second kappa shape index (κ2) is 8.65. The normalized spacial score (nSPS) is 25.0. The van der Waals surface area contributed by atoms with Gasteiger partial charge in [0.15, 0.2) is 0 Å². The molecule has 2 aliphatic rings. The minimum Gasteiger partial charge on any atom is -0.497 e. The second-order valence-corrected chi connectivity index (χ2v) is 8.86. The summed E-state index contributed by atoms with van der Waals surface area (Å²) < 4.78 is 11.2. The molecule has 3 amide bonds. The molecule has 2 aromatic carbocycles. The molecule has 1 saturated heterocycles. The van der Waals surface area contributed by atoms with E-state index in [0.717, 1.165) is 16.3 Å². The van der Waals surface area contributed by atoms with E-state index in [1.807, 2.05) is 30.3 Å². The predicted molar refractivity (Wildman–Crippen MR) is 126 cm³/mol. The number of urea groups is 1. The topological polar surface area (TPSA) is 80.8 Å². The Morgan fingerprint density at radius 1 is 1.06 bits per heavy atom. The summed E-state index contributed by atoms with van der Waals surface area (Å²) in [6.45, 7) is 0. The number of aromatic nitrogens is 1. The molecule has 4 atom stereocenters. The lowest BCUT2D eigenvalue weighted by atomic mass is 9.72. The maximum Gasteiger partial charge on any atom is 0.329 e. The van der Waals surface area contributed by atoms with Crippen LogP contribution in [-0.2, 0) is 9.53 Å². The highest BCUT2D eigenvalue weighted by Gasteiger charge is 2.49. The Morgan fingerprint density at radius 3 is 2.67 bits per heavy atom. The van der Waals surface area contributed by atoms with Crippen LogP contribution in [0.25, 0.3) is 10.8 Å². The summed E-state index contributed by atoms with van der Waals surface area (Å²) in [5, 5.41) is 5.34. The van der Waals surface area contributed by atoms with Crippen LogP contribution in [0.15, 0.2) is 54.9 Å². The van der Waals surface area contributed by atoms with Gasteiger partial charge in [0, 0.05) is 41.1 Å². The van der Waals surface area contributed by atoms with Crippen molar-refractivity contribution in [1.82, 2.24) is 10.3 Å². The van der Waals surface area contributed by atoms with E-state index in [0.29, 0.717) is 29.3 Å². The first-order chi connectivity index (χ1) is 16.0. The van der Waals surface area contributed by atoms with E-state index in [1.54, 1.807) is 38.7 Å². The molecule has 0 bridgehead atoms. The average molecular weight is 466 g/mol. The molecule has 1 aliphatic carbocycles. The van der Waals surface area contributed by atoms with Crippen molar-refractivity contribution >= 4 is 40.0 Å². The number of carbonyl (C=O) groups excluding carboxylic acids is 2. The lowest BCUT2D eigenvalue weighted by Crippen LogP contribution is -2.63. The Hall–Kier alpha value is -3.16. The molecule has 1 aliphatic heterocycles. The smallest absolute Gasteiger partial charge is 0.329 e. The van der Waals surface area contributed by atoms with Gasteiger partial charge in [-0.2, -0.15) is 0 Å². The maximum absolute atomic E-state index is 13.6. The van der Waals surface area contributed by atoms with E-state index in [2.05, 4.69) is 10.3 Å². The van der Waals surface area contributed by atoms with E-state index in [1.165, 1.54) is 4.90 Å². The highest BCUT2D eigenvalue weighted by atomic mass is 35.5. The lowest BCUT2D eigenvalue weighted by molar-refractivity contribution is -0.126. The second-order valence-electron chi connectivity index (χ2n) is 8.46. The average Bonchev–Trinajstić information content (AvgIpc) is 2.84. The van der Waals surface area contributed by atoms with Gasteiger partial charge in [-0.1, -0.05) is 35.9 Å². The fourth-order valence-electron chi connectivity index (χ4n) is 5.12. The van der Waals surface area contributed by atoms with Gasteiger partial charge < -0.3 is 14.8 Å². The molecule has 2 fully saturated rings. The molecule has 0 radical (unpaired) electrons. The van der Waals surface area contributed by atoms with Crippen molar-refractivity contribution in [2.45, 2.75) is 30.9 Å². The zero-order valence-corrected chi connectivity index (χ0v) is 19.1. The van der Waals surface area contributed by atoms with E-state index in [4.69, 9.17) is 21.1 Å². The summed E-state index contributed by atoms with van der Waals surface area (Å²) in [5.41, 5.74) is 1.38. The molecule has 170 valence electrons. The van der Waals surface area contributed by atoms with Gasteiger partial charge in [0.2, 0.25) is 5.91 Å². The number of nitrogens with zero attached hydrogens (tertiary/aromatic N) is 2. The quantitative estimate of drug-likeness (QED) is 0.612. The Labute approximate surface area is 196 Å². The molecule has 1 N–H and O–H groups in total. The number of rotatable bonds is 4. The standard InChI is InChI=1S/C25H24ClN3O4/c1-32-15-7-8-20(26)17(9-15)18-10-21-19(11-23(18)33-2)24(30)29(25(31)28-21)22-13-27-12-14-5-3-4-6-16(14)22/h3-9,12-13,18-19,21,23H,10-11H2,1-2H3,(H,28,31). The van der Waals surface area contributed by atoms with Crippen molar-refractivity contribution in [3.63, 3.8) is 0 Å². The summed E-state index contributed by atoms with van der Waals surface area (Å²) in [6.07, 6.45) is 4.05. The van der Waals surface area contributed by atoms with Crippen LogP contribution in [0.3, 0.4) is 0 Å². The van der Waals surface area contributed by atoms with Crippen LogP contribution >= 0.6 is 11.6 Å². The number of benzene rings is 2. The minimum absolute atomic E-state index is 0.0854. The molecule has 3 aromatic rings. The van der Waals surface area contributed by atoms with E-state index in [-0.39, 0.29) is 24.0 Å². The number of halogens is 1. The zero-order valence-electron chi connectivity index (χ0n) is 18.3. The molecule has 4 unspecified atom stereocenters. The molecule has 2 heterocycles. The largest absolute Gasteiger partial charge is 0.497 e. The number of fused-ring (bicyclic) bond motifs is 2. The zero-order chi connectivity index (χ0) is 23.1. The Balaban J connectivity index is 1.48. The molecule has 5 rings (SSSR count). The molecular formula is C25H24ClN3O4. The molecule has 0 spiro atoms. The number of anilines is 1. The van der Waals surface area contributed by atoms with Crippen LogP contribution in [0.5, 0.6) is 5.75 Å². The van der Waals surface area contributed by atoms with Crippen molar-refractivity contribution in [1.29, 1.82) is 0 Å². The fraction of sp³-hybridized carbons (Fsp3) is 0.320. The predicted octanol–water partition coefficient (Wildman–Crippen LogP) is 4.53. The van der Waals surface area contributed by atoms with Gasteiger partial charge in [-0.05, 0) is 36.6 Å². The molecular weight excluding hydrogens is 442 g/mol. The van der Waals surface area contributed by atoms with Gasteiger partial charge in [0.1, 0.15) is 5.75 Å². The van der Waals surface area contributed by atoms with Crippen LogP contribution in [0, 0.1) is 5.92 Å². The van der Waals surface area contributed by atoms with Crippen molar-refractivity contribution in [2.75, 3.05) is 19.1 Å². The third kappa shape index (κ3) is 3.71. The van der Waals surface area contributed by atoms with Gasteiger partial charge in [-0.25, -0.2) is 9.69 Å². The van der Waals surface area contributed by atoms with Crippen LogP contribution in [0.1, 0.15) is 24.3 Å². The molecule has 1 aromatic heterocycles. The number of nitrogens with one attached hydrogen (secondary N) is 1. The SMILES string of the molecule is COc1ccc(Cl)c(C2CC3NC(=O)N(c4cncc5ccccc45)C(=O)C3CC2OC)c1. The number of amides is 3. The number of imide groups is 1. The van der Waals surface area contributed by atoms with Crippen LogP contribution < -0.4 is 15.0 Å². The van der Waals surface area contributed by atoms with E-state index >= 15 is 0 Å². The molecule has 7 nitrogen and oxygen atoms in total. The van der Waals surface area contributed by atoms with Gasteiger partial charge in [-0.3, -0.25) is 9.78 Å². The van der Waals surface area contributed by atoms with Crippen LogP contribution in [0.4, 0.5) is 10.5 Å². The fourth-order valence-corrected chi connectivity index (χ4v) is 5.38. The number of pyridine rings is 1. The van der Waals surface area contributed by atoms with Crippen molar-refractivity contribution in [3.8, 4) is 5.75 Å². The summed E-state index contributed by atoms with van der Waals surface area (Å²) in [4.78, 5) is 32.2. The van der Waals surface area contributed by atoms with Crippen molar-refractivity contribution in [2.24, 2.45) is 5.92 Å². The first kappa shape index (κ1) is 21.7. The highest BCUT2D eigenvalue weighted by Crippen LogP contribution is 2.44. The summed E-state index contributed by atoms with van der Waals surface area (Å²) >= 11 is 6.52. The number of methoxy groups -OCH3 is 2. The summed E-state index contributed by atoms with van der Waals surface area (Å²) in [6, 6.07) is 12.3. The third-order valence-electron chi connectivity index (χ3n) is 6.77. The summed E-state index contributed by atoms with van der Waals surface area (Å²) in [7, 11) is 3.25.